The predicted molar refractivity (Wildman–Crippen MR) is 41.2 cm³/mol. The molecule has 1 aliphatic carbocycles. The average Bonchev–Trinajstić information content (AvgIpc) is 2.38. The molecular formula is C9H14. The van der Waals surface area contributed by atoms with Crippen LogP contribution in [0.15, 0.2) is 24.3 Å². The fourth-order valence-electron chi connectivity index (χ4n) is 1.20. The summed E-state index contributed by atoms with van der Waals surface area (Å²) in [6.07, 6.45) is 4.31. The molecule has 0 aromatic rings. The molecule has 0 N–H and O–H groups in total. The summed E-state index contributed by atoms with van der Waals surface area (Å²) in [5, 5.41) is 0. The molecule has 0 bridgehead atoms. The summed E-state index contributed by atoms with van der Waals surface area (Å²) in [5.74, 6) is 0.583. The molecule has 0 radical (unpaired) electrons. The molecule has 1 unspecified atom stereocenters. The Morgan fingerprint density at radius 2 is 2.11 bits per heavy atom. The van der Waals surface area contributed by atoms with E-state index in [-0.39, 0.29) is 0 Å². The third kappa shape index (κ3) is 1.07. The Labute approximate surface area is 57.3 Å². The second kappa shape index (κ2) is 1.73. The minimum Gasteiger partial charge on any atom is -0.102 e. The number of rotatable bonds is 2. The number of hydrogen-bond donors (Lipinski definition) is 0. The SMILES string of the molecule is C=CC(C)C1=CC1(C)C. The van der Waals surface area contributed by atoms with Gasteiger partial charge in [-0.25, -0.2) is 0 Å². The van der Waals surface area contributed by atoms with Crippen LogP contribution in [0.4, 0.5) is 0 Å². The van der Waals surface area contributed by atoms with Crippen LogP contribution in [0, 0.1) is 11.3 Å². The Hall–Kier alpha value is -0.520. The lowest BCUT2D eigenvalue weighted by molar-refractivity contribution is 0.645. The Morgan fingerprint density at radius 3 is 2.22 bits per heavy atom. The molecule has 0 aromatic heterocycles. The van der Waals surface area contributed by atoms with Crippen molar-refractivity contribution in [3.8, 4) is 0 Å². The van der Waals surface area contributed by atoms with Gasteiger partial charge in [-0.15, -0.1) is 6.58 Å². The van der Waals surface area contributed by atoms with Crippen LogP contribution in [0.3, 0.4) is 0 Å². The van der Waals surface area contributed by atoms with E-state index >= 15 is 0 Å². The topological polar surface area (TPSA) is 0 Å². The summed E-state index contributed by atoms with van der Waals surface area (Å²) < 4.78 is 0. The van der Waals surface area contributed by atoms with Crippen LogP contribution in [-0.2, 0) is 0 Å². The normalized spacial score (nSPS) is 24.6. The molecule has 0 heterocycles. The summed E-state index contributed by atoms with van der Waals surface area (Å²) in [7, 11) is 0. The van der Waals surface area contributed by atoms with E-state index in [9.17, 15) is 0 Å². The highest BCUT2D eigenvalue weighted by Crippen LogP contribution is 2.47. The van der Waals surface area contributed by atoms with Crippen molar-refractivity contribution >= 4 is 0 Å². The Bertz CT molecular complexity index is 161. The van der Waals surface area contributed by atoms with E-state index in [0.29, 0.717) is 11.3 Å². The summed E-state index contributed by atoms with van der Waals surface area (Å²) in [6, 6.07) is 0. The zero-order valence-electron chi connectivity index (χ0n) is 6.44. The van der Waals surface area contributed by atoms with Crippen LogP contribution < -0.4 is 0 Å². The molecule has 1 aliphatic rings. The van der Waals surface area contributed by atoms with E-state index in [0.717, 1.165) is 0 Å². The van der Waals surface area contributed by atoms with Gasteiger partial charge >= 0.3 is 0 Å². The maximum atomic E-state index is 3.75. The fraction of sp³-hybridized carbons (Fsp3) is 0.556. The van der Waals surface area contributed by atoms with Crippen molar-refractivity contribution in [2.24, 2.45) is 11.3 Å². The zero-order chi connectivity index (χ0) is 7.07. The molecular weight excluding hydrogens is 108 g/mol. The molecule has 0 saturated heterocycles. The first-order valence-electron chi connectivity index (χ1n) is 3.43. The van der Waals surface area contributed by atoms with Crippen LogP contribution in [0.25, 0.3) is 0 Å². The van der Waals surface area contributed by atoms with Crippen LogP contribution >= 0.6 is 0 Å². The first kappa shape index (κ1) is 6.60. The smallest absolute Gasteiger partial charge is 0.00435 e. The third-order valence-corrected chi connectivity index (χ3v) is 2.02. The highest BCUT2D eigenvalue weighted by Gasteiger charge is 2.35. The molecule has 0 nitrogen and oxygen atoms in total. The molecule has 1 atom stereocenters. The first-order valence-corrected chi connectivity index (χ1v) is 3.43. The van der Waals surface area contributed by atoms with E-state index < -0.39 is 0 Å². The summed E-state index contributed by atoms with van der Waals surface area (Å²) in [5.41, 5.74) is 1.95. The summed E-state index contributed by atoms with van der Waals surface area (Å²) >= 11 is 0. The minimum atomic E-state index is 0.410. The second-order valence-electron chi connectivity index (χ2n) is 3.35. The van der Waals surface area contributed by atoms with Crippen molar-refractivity contribution in [2.45, 2.75) is 20.8 Å². The van der Waals surface area contributed by atoms with Crippen LogP contribution in [0.1, 0.15) is 20.8 Å². The molecule has 0 heteroatoms. The van der Waals surface area contributed by atoms with Crippen molar-refractivity contribution in [2.75, 3.05) is 0 Å². The lowest BCUT2D eigenvalue weighted by atomic mass is 9.98. The van der Waals surface area contributed by atoms with Gasteiger partial charge in [0.05, 0.1) is 0 Å². The average molecular weight is 122 g/mol. The van der Waals surface area contributed by atoms with E-state index in [4.69, 9.17) is 0 Å². The van der Waals surface area contributed by atoms with Crippen molar-refractivity contribution in [1.29, 1.82) is 0 Å². The monoisotopic (exact) mass is 122 g/mol. The van der Waals surface area contributed by atoms with Crippen LogP contribution in [-0.4, -0.2) is 0 Å². The van der Waals surface area contributed by atoms with Gasteiger partial charge in [-0.2, -0.15) is 0 Å². The van der Waals surface area contributed by atoms with Crippen molar-refractivity contribution in [3.05, 3.63) is 24.3 Å². The Morgan fingerprint density at radius 1 is 1.67 bits per heavy atom. The molecule has 0 aliphatic heterocycles. The third-order valence-electron chi connectivity index (χ3n) is 2.02. The van der Waals surface area contributed by atoms with Crippen LogP contribution in [0.2, 0.25) is 0 Å². The van der Waals surface area contributed by atoms with Crippen molar-refractivity contribution < 1.29 is 0 Å². The number of hydrogen-bond acceptors (Lipinski definition) is 0. The van der Waals surface area contributed by atoms with Gasteiger partial charge in [-0.3, -0.25) is 0 Å². The van der Waals surface area contributed by atoms with Gasteiger partial charge in [0.1, 0.15) is 0 Å². The molecule has 9 heavy (non-hydrogen) atoms. The maximum absolute atomic E-state index is 3.75. The number of allylic oxidation sites excluding steroid dienone is 3. The quantitative estimate of drug-likeness (QED) is 0.494. The molecule has 0 aromatic carbocycles. The summed E-state index contributed by atoms with van der Waals surface area (Å²) in [4.78, 5) is 0. The first-order chi connectivity index (χ1) is 4.08. The molecule has 0 fully saturated rings. The van der Waals surface area contributed by atoms with Gasteiger partial charge in [0.25, 0.3) is 0 Å². The molecule has 0 amide bonds. The molecule has 1 rings (SSSR count). The van der Waals surface area contributed by atoms with Gasteiger partial charge < -0.3 is 0 Å². The van der Waals surface area contributed by atoms with Crippen molar-refractivity contribution in [1.82, 2.24) is 0 Å². The summed E-state index contributed by atoms with van der Waals surface area (Å²) in [6.45, 7) is 10.4. The van der Waals surface area contributed by atoms with E-state index in [2.05, 4.69) is 33.4 Å². The van der Waals surface area contributed by atoms with Gasteiger partial charge in [0.2, 0.25) is 0 Å². The lowest BCUT2D eigenvalue weighted by Gasteiger charge is -2.06. The van der Waals surface area contributed by atoms with E-state index in [1.807, 2.05) is 6.08 Å². The lowest BCUT2D eigenvalue weighted by Crippen LogP contribution is -1.96. The minimum absolute atomic E-state index is 0.410. The van der Waals surface area contributed by atoms with Gasteiger partial charge in [-0.1, -0.05) is 38.5 Å². The van der Waals surface area contributed by atoms with Crippen LogP contribution in [0.5, 0.6) is 0 Å². The largest absolute Gasteiger partial charge is 0.102 e. The standard InChI is InChI=1S/C9H14/c1-5-7(2)8-6-9(8,3)4/h5-7H,1H2,2-4H3. The highest BCUT2D eigenvalue weighted by molar-refractivity contribution is 5.39. The van der Waals surface area contributed by atoms with Gasteiger partial charge in [0.15, 0.2) is 0 Å². The Balaban J connectivity index is 2.51. The fourth-order valence-corrected chi connectivity index (χ4v) is 1.20. The van der Waals surface area contributed by atoms with E-state index in [1.54, 1.807) is 0 Å². The highest BCUT2D eigenvalue weighted by atomic mass is 14.4. The maximum Gasteiger partial charge on any atom is 0.00435 e. The zero-order valence-corrected chi connectivity index (χ0v) is 6.44. The Kier molecular flexibility index (Phi) is 1.27. The molecule has 50 valence electrons. The predicted octanol–water partition coefficient (Wildman–Crippen LogP) is 2.77. The van der Waals surface area contributed by atoms with Crippen molar-refractivity contribution in [3.63, 3.8) is 0 Å². The second-order valence-corrected chi connectivity index (χ2v) is 3.35. The van der Waals surface area contributed by atoms with E-state index in [1.165, 1.54) is 5.57 Å². The van der Waals surface area contributed by atoms with Gasteiger partial charge in [0, 0.05) is 5.41 Å². The molecule has 0 spiro atoms. The molecule has 0 saturated carbocycles. The van der Waals surface area contributed by atoms with Gasteiger partial charge in [-0.05, 0) is 5.92 Å².